The second kappa shape index (κ2) is 6.65. The predicted molar refractivity (Wildman–Crippen MR) is 77.2 cm³/mol. The Balaban J connectivity index is 2.83. The Morgan fingerprint density at radius 1 is 1.33 bits per heavy atom. The molecule has 6 heteroatoms. The fourth-order valence-electron chi connectivity index (χ4n) is 1.61. The van der Waals surface area contributed by atoms with Crippen LogP contribution < -0.4 is 10.0 Å². The SMILES string of the molecule is CNCC(C)CNS(=O)(=O)c1cc(Br)ccc1C. The van der Waals surface area contributed by atoms with Crippen LogP contribution in [0.5, 0.6) is 0 Å². The van der Waals surface area contributed by atoms with E-state index in [1.807, 2.05) is 20.0 Å². The van der Waals surface area contributed by atoms with Crippen molar-refractivity contribution in [3.63, 3.8) is 0 Å². The van der Waals surface area contributed by atoms with E-state index in [1.165, 1.54) is 0 Å². The van der Waals surface area contributed by atoms with Crippen LogP contribution in [-0.4, -0.2) is 28.6 Å². The fourth-order valence-corrected chi connectivity index (χ4v) is 3.56. The van der Waals surface area contributed by atoms with Crippen LogP contribution in [0.1, 0.15) is 12.5 Å². The highest BCUT2D eigenvalue weighted by Crippen LogP contribution is 2.20. The molecule has 1 atom stereocenters. The van der Waals surface area contributed by atoms with Gasteiger partial charge in [-0.05, 0) is 44.1 Å². The van der Waals surface area contributed by atoms with Crippen molar-refractivity contribution in [3.05, 3.63) is 28.2 Å². The summed E-state index contributed by atoms with van der Waals surface area (Å²) in [6.45, 7) is 4.99. The first-order valence-electron chi connectivity index (χ1n) is 5.77. The van der Waals surface area contributed by atoms with Gasteiger partial charge in [0, 0.05) is 11.0 Å². The van der Waals surface area contributed by atoms with Crippen molar-refractivity contribution < 1.29 is 8.42 Å². The van der Waals surface area contributed by atoms with Crippen molar-refractivity contribution in [2.24, 2.45) is 5.92 Å². The Labute approximate surface area is 117 Å². The van der Waals surface area contributed by atoms with Crippen molar-refractivity contribution in [1.29, 1.82) is 0 Å². The first-order chi connectivity index (χ1) is 8.36. The smallest absolute Gasteiger partial charge is 0.240 e. The number of hydrogen-bond donors (Lipinski definition) is 2. The summed E-state index contributed by atoms with van der Waals surface area (Å²) < 4.78 is 27.7. The maximum absolute atomic E-state index is 12.2. The summed E-state index contributed by atoms with van der Waals surface area (Å²) in [7, 11) is -1.58. The van der Waals surface area contributed by atoms with E-state index in [4.69, 9.17) is 0 Å². The molecule has 0 saturated carbocycles. The highest BCUT2D eigenvalue weighted by molar-refractivity contribution is 9.10. The molecule has 0 fully saturated rings. The Morgan fingerprint density at radius 3 is 2.61 bits per heavy atom. The van der Waals surface area contributed by atoms with Gasteiger partial charge >= 0.3 is 0 Å². The minimum Gasteiger partial charge on any atom is -0.319 e. The van der Waals surface area contributed by atoms with E-state index in [1.54, 1.807) is 19.1 Å². The standard InChI is InChI=1S/C12H19BrN2O2S/c1-9(7-14-3)8-15-18(16,17)12-6-11(13)5-4-10(12)2/h4-6,9,14-15H,7-8H2,1-3H3. The Bertz CT molecular complexity index is 503. The summed E-state index contributed by atoms with van der Waals surface area (Å²) in [5.41, 5.74) is 0.743. The number of benzene rings is 1. The molecule has 0 amide bonds. The lowest BCUT2D eigenvalue weighted by Crippen LogP contribution is -2.32. The van der Waals surface area contributed by atoms with Crippen LogP contribution >= 0.6 is 15.9 Å². The van der Waals surface area contributed by atoms with Crippen LogP contribution in [0.2, 0.25) is 0 Å². The summed E-state index contributed by atoms with van der Waals surface area (Å²) in [5, 5.41) is 3.02. The van der Waals surface area contributed by atoms with E-state index in [-0.39, 0.29) is 5.92 Å². The fraction of sp³-hybridized carbons (Fsp3) is 0.500. The van der Waals surface area contributed by atoms with Gasteiger partial charge in [0.25, 0.3) is 0 Å². The number of nitrogens with one attached hydrogen (secondary N) is 2. The van der Waals surface area contributed by atoms with Crippen LogP contribution in [0, 0.1) is 12.8 Å². The first kappa shape index (κ1) is 15.6. The van der Waals surface area contributed by atoms with E-state index in [9.17, 15) is 8.42 Å². The molecule has 0 radical (unpaired) electrons. The van der Waals surface area contributed by atoms with Crippen molar-refractivity contribution in [1.82, 2.24) is 10.0 Å². The van der Waals surface area contributed by atoms with Crippen LogP contribution in [0.4, 0.5) is 0 Å². The molecule has 1 aromatic rings. The summed E-state index contributed by atoms with van der Waals surface area (Å²) in [4.78, 5) is 0.327. The van der Waals surface area contributed by atoms with E-state index in [0.717, 1.165) is 16.6 Å². The molecule has 1 aromatic carbocycles. The topological polar surface area (TPSA) is 58.2 Å². The molecule has 102 valence electrons. The number of rotatable bonds is 6. The third-order valence-electron chi connectivity index (χ3n) is 2.61. The molecule has 0 saturated heterocycles. The zero-order valence-electron chi connectivity index (χ0n) is 10.8. The van der Waals surface area contributed by atoms with Gasteiger partial charge in [-0.2, -0.15) is 0 Å². The van der Waals surface area contributed by atoms with Crippen LogP contribution in [-0.2, 0) is 10.0 Å². The zero-order chi connectivity index (χ0) is 13.8. The highest BCUT2D eigenvalue weighted by atomic mass is 79.9. The molecule has 2 N–H and O–H groups in total. The van der Waals surface area contributed by atoms with Gasteiger partial charge in [0.1, 0.15) is 0 Å². The number of halogens is 1. The van der Waals surface area contributed by atoms with Gasteiger partial charge in [-0.15, -0.1) is 0 Å². The van der Waals surface area contributed by atoms with Gasteiger partial charge in [-0.3, -0.25) is 0 Å². The minimum absolute atomic E-state index is 0.247. The average Bonchev–Trinajstić information content (AvgIpc) is 2.30. The monoisotopic (exact) mass is 334 g/mol. The van der Waals surface area contributed by atoms with E-state index >= 15 is 0 Å². The van der Waals surface area contributed by atoms with Gasteiger partial charge < -0.3 is 5.32 Å². The Kier molecular flexibility index (Phi) is 5.78. The van der Waals surface area contributed by atoms with E-state index in [0.29, 0.717) is 11.4 Å². The first-order valence-corrected chi connectivity index (χ1v) is 8.05. The normalized spacial score (nSPS) is 13.6. The van der Waals surface area contributed by atoms with Gasteiger partial charge in [-0.1, -0.05) is 28.9 Å². The van der Waals surface area contributed by atoms with Crippen molar-refractivity contribution in [3.8, 4) is 0 Å². The summed E-state index contributed by atoms with van der Waals surface area (Å²) in [6.07, 6.45) is 0. The molecule has 0 spiro atoms. The lowest BCUT2D eigenvalue weighted by atomic mass is 10.2. The molecule has 0 aliphatic heterocycles. The second-order valence-electron chi connectivity index (χ2n) is 4.42. The summed E-state index contributed by atoms with van der Waals surface area (Å²) >= 11 is 3.29. The molecule has 0 aliphatic carbocycles. The second-order valence-corrected chi connectivity index (χ2v) is 7.08. The quantitative estimate of drug-likeness (QED) is 0.835. The number of sulfonamides is 1. The minimum atomic E-state index is -3.43. The average molecular weight is 335 g/mol. The maximum atomic E-state index is 12.2. The molecule has 0 bridgehead atoms. The van der Waals surface area contributed by atoms with Gasteiger partial charge in [0.15, 0.2) is 0 Å². The molecule has 0 heterocycles. The maximum Gasteiger partial charge on any atom is 0.240 e. The molecule has 18 heavy (non-hydrogen) atoms. The highest BCUT2D eigenvalue weighted by Gasteiger charge is 2.17. The van der Waals surface area contributed by atoms with E-state index in [2.05, 4.69) is 26.0 Å². The largest absolute Gasteiger partial charge is 0.319 e. The van der Waals surface area contributed by atoms with Gasteiger partial charge in [-0.25, -0.2) is 13.1 Å². The lowest BCUT2D eigenvalue weighted by Gasteiger charge is -2.13. The summed E-state index contributed by atoms with van der Waals surface area (Å²) in [6, 6.07) is 5.24. The van der Waals surface area contributed by atoms with Crippen molar-refractivity contribution in [2.75, 3.05) is 20.1 Å². The van der Waals surface area contributed by atoms with Crippen LogP contribution in [0.25, 0.3) is 0 Å². The Morgan fingerprint density at radius 2 is 2.00 bits per heavy atom. The molecular weight excluding hydrogens is 316 g/mol. The number of aryl methyl sites for hydroxylation is 1. The molecule has 4 nitrogen and oxygen atoms in total. The predicted octanol–water partition coefficient (Wildman–Crippen LogP) is 1.89. The van der Waals surface area contributed by atoms with Gasteiger partial charge in [0.2, 0.25) is 10.0 Å². The van der Waals surface area contributed by atoms with E-state index < -0.39 is 10.0 Å². The third-order valence-corrected chi connectivity index (χ3v) is 4.67. The number of hydrogen-bond acceptors (Lipinski definition) is 3. The molecule has 0 aliphatic rings. The molecule has 1 unspecified atom stereocenters. The lowest BCUT2D eigenvalue weighted by molar-refractivity contribution is 0.518. The van der Waals surface area contributed by atoms with Crippen molar-refractivity contribution in [2.45, 2.75) is 18.7 Å². The molecule has 0 aromatic heterocycles. The zero-order valence-corrected chi connectivity index (χ0v) is 13.2. The Hall–Kier alpha value is -0.430. The summed E-state index contributed by atoms with van der Waals surface area (Å²) in [5.74, 6) is 0.247. The van der Waals surface area contributed by atoms with Crippen LogP contribution in [0.3, 0.4) is 0 Å². The molecular formula is C12H19BrN2O2S. The van der Waals surface area contributed by atoms with Gasteiger partial charge in [0.05, 0.1) is 4.90 Å². The molecule has 1 rings (SSSR count). The third kappa shape index (κ3) is 4.35. The van der Waals surface area contributed by atoms with Crippen LogP contribution in [0.15, 0.2) is 27.6 Å². The van der Waals surface area contributed by atoms with Crippen molar-refractivity contribution >= 4 is 26.0 Å².